The predicted octanol–water partition coefficient (Wildman–Crippen LogP) is 1.81. The van der Waals surface area contributed by atoms with Crippen LogP contribution in [0.4, 0.5) is 8.78 Å². The minimum atomic E-state index is -0.537. The van der Waals surface area contributed by atoms with Crippen molar-refractivity contribution in [3.63, 3.8) is 0 Å². The summed E-state index contributed by atoms with van der Waals surface area (Å²) in [4.78, 5) is 11.8. The van der Waals surface area contributed by atoms with E-state index in [9.17, 15) is 13.6 Å². The zero-order valence-corrected chi connectivity index (χ0v) is 10.5. The molecule has 0 aromatic heterocycles. The molecular formula is C13H18F2N2O. The summed E-state index contributed by atoms with van der Waals surface area (Å²) < 4.78 is 26.2. The molecule has 0 aliphatic carbocycles. The first kappa shape index (κ1) is 14.6. The topological polar surface area (TPSA) is 55.1 Å². The SMILES string of the molecule is CC(C)C(CN)C(=O)NCc1cc(F)ccc1F. The fourth-order valence-corrected chi connectivity index (χ4v) is 1.67. The molecule has 3 nitrogen and oxygen atoms in total. The number of carbonyl (C=O) groups is 1. The second kappa shape index (κ2) is 6.44. The van der Waals surface area contributed by atoms with Crippen LogP contribution in [0.25, 0.3) is 0 Å². The quantitative estimate of drug-likeness (QED) is 0.844. The number of rotatable bonds is 5. The van der Waals surface area contributed by atoms with Gasteiger partial charge >= 0.3 is 0 Å². The Hall–Kier alpha value is -1.49. The van der Waals surface area contributed by atoms with Crippen molar-refractivity contribution in [3.05, 3.63) is 35.4 Å². The molecule has 3 N–H and O–H groups in total. The van der Waals surface area contributed by atoms with Crippen LogP contribution >= 0.6 is 0 Å². The van der Waals surface area contributed by atoms with Gasteiger partial charge in [0.1, 0.15) is 11.6 Å². The van der Waals surface area contributed by atoms with Gasteiger partial charge in [-0.15, -0.1) is 0 Å². The van der Waals surface area contributed by atoms with Crippen molar-refractivity contribution >= 4 is 5.91 Å². The summed E-state index contributed by atoms with van der Waals surface area (Å²) in [5.41, 5.74) is 5.63. The van der Waals surface area contributed by atoms with Crippen molar-refractivity contribution in [2.75, 3.05) is 6.54 Å². The van der Waals surface area contributed by atoms with Crippen molar-refractivity contribution in [1.29, 1.82) is 0 Å². The van der Waals surface area contributed by atoms with Crippen LogP contribution in [0.15, 0.2) is 18.2 Å². The van der Waals surface area contributed by atoms with Crippen molar-refractivity contribution in [2.45, 2.75) is 20.4 Å². The molecule has 0 saturated carbocycles. The van der Waals surface area contributed by atoms with Crippen LogP contribution in [0.1, 0.15) is 19.4 Å². The van der Waals surface area contributed by atoms with Gasteiger partial charge in [-0.25, -0.2) is 8.78 Å². The van der Waals surface area contributed by atoms with Gasteiger partial charge < -0.3 is 11.1 Å². The van der Waals surface area contributed by atoms with Crippen molar-refractivity contribution < 1.29 is 13.6 Å². The smallest absolute Gasteiger partial charge is 0.224 e. The maximum Gasteiger partial charge on any atom is 0.224 e. The van der Waals surface area contributed by atoms with Crippen LogP contribution in [-0.4, -0.2) is 12.5 Å². The average molecular weight is 256 g/mol. The molecule has 0 spiro atoms. The van der Waals surface area contributed by atoms with Gasteiger partial charge in [-0.3, -0.25) is 4.79 Å². The summed E-state index contributed by atoms with van der Waals surface area (Å²) in [6.07, 6.45) is 0. The fourth-order valence-electron chi connectivity index (χ4n) is 1.67. The highest BCUT2D eigenvalue weighted by Crippen LogP contribution is 2.12. The first-order valence-electron chi connectivity index (χ1n) is 5.87. The fraction of sp³-hybridized carbons (Fsp3) is 0.462. The van der Waals surface area contributed by atoms with Crippen LogP contribution < -0.4 is 11.1 Å². The lowest BCUT2D eigenvalue weighted by molar-refractivity contribution is -0.126. The third-order valence-corrected chi connectivity index (χ3v) is 2.86. The molecular weight excluding hydrogens is 238 g/mol. The Bertz CT molecular complexity index is 421. The molecule has 1 atom stereocenters. The molecule has 1 amide bonds. The van der Waals surface area contributed by atoms with Crippen LogP contribution in [0.5, 0.6) is 0 Å². The molecule has 5 heteroatoms. The monoisotopic (exact) mass is 256 g/mol. The highest BCUT2D eigenvalue weighted by Gasteiger charge is 2.20. The zero-order chi connectivity index (χ0) is 13.7. The van der Waals surface area contributed by atoms with E-state index in [1.165, 1.54) is 0 Å². The van der Waals surface area contributed by atoms with Crippen LogP contribution in [-0.2, 0) is 11.3 Å². The molecule has 0 heterocycles. The summed E-state index contributed by atoms with van der Waals surface area (Å²) in [6, 6.07) is 3.15. The lowest BCUT2D eigenvalue weighted by Crippen LogP contribution is -2.37. The third-order valence-electron chi connectivity index (χ3n) is 2.86. The summed E-state index contributed by atoms with van der Waals surface area (Å²) in [6.45, 7) is 3.97. The number of halogens is 2. The van der Waals surface area contributed by atoms with Gasteiger partial charge in [-0.05, 0) is 24.1 Å². The molecule has 1 aromatic carbocycles. The number of hydrogen-bond donors (Lipinski definition) is 2. The average Bonchev–Trinajstić information content (AvgIpc) is 2.30. The maximum atomic E-state index is 13.3. The van der Waals surface area contributed by atoms with Gasteiger partial charge in [0, 0.05) is 18.7 Å². The van der Waals surface area contributed by atoms with E-state index in [1.807, 2.05) is 13.8 Å². The third kappa shape index (κ3) is 3.77. The van der Waals surface area contributed by atoms with E-state index >= 15 is 0 Å². The molecule has 1 unspecified atom stereocenters. The Morgan fingerprint density at radius 2 is 2.06 bits per heavy atom. The summed E-state index contributed by atoms with van der Waals surface area (Å²) in [5.74, 6) is -1.52. The minimum Gasteiger partial charge on any atom is -0.352 e. The first-order valence-corrected chi connectivity index (χ1v) is 5.87. The Morgan fingerprint density at radius 3 is 2.61 bits per heavy atom. The van der Waals surface area contributed by atoms with Gasteiger partial charge in [0.15, 0.2) is 0 Å². The normalized spacial score (nSPS) is 12.6. The molecule has 1 aromatic rings. The molecule has 1 rings (SSSR count). The van der Waals surface area contributed by atoms with Gasteiger partial charge in [0.25, 0.3) is 0 Å². The van der Waals surface area contributed by atoms with E-state index < -0.39 is 11.6 Å². The van der Waals surface area contributed by atoms with Crippen LogP contribution in [0, 0.1) is 23.5 Å². The molecule has 0 fully saturated rings. The minimum absolute atomic E-state index is 0.0361. The van der Waals surface area contributed by atoms with Gasteiger partial charge in [-0.2, -0.15) is 0 Å². The highest BCUT2D eigenvalue weighted by molar-refractivity contribution is 5.79. The Balaban J connectivity index is 2.64. The Morgan fingerprint density at radius 1 is 1.39 bits per heavy atom. The maximum absolute atomic E-state index is 13.3. The molecule has 0 saturated heterocycles. The largest absolute Gasteiger partial charge is 0.352 e. The van der Waals surface area contributed by atoms with Gasteiger partial charge in [0.2, 0.25) is 5.91 Å². The lowest BCUT2D eigenvalue weighted by Gasteiger charge is -2.18. The van der Waals surface area contributed by atoms with Crippen molar-refractivity contribution in [1.82, 2.24) is 5.32 Å². The van der Waals surface area contributed by atoms with E-state index in [2.05, 4.69) is 5.32 Å². The second-order valence-electron chi connectivity index (χ2n) is 4.54. The van der Waals surface area contributed by atoms with Crippen LogP contribution in [0.2, 0.25) is 0 Å². The van der Waals surface area contributed by atoms with E-state index in [0.717, 1.165) is 18.2 Å². The van der Waals surface area contributed by atoms with E-state index in [1.54, 1.807) is 0 Å². The molecule has 100 valence electrons. The van der Waals surface area contributed by atoms with E-state index in [-0.39, 0.29) is 36.4 Å². The van der Waals surface area contributed by atoms with E-state index in [4.69, 9.17) is 5.73 Å². The predicted molar refractivity (Wildman–Crippen MR) is 65.6 cm³/mol. The zero-order valence-electron chi connectivity index (χ0n) is 10.5. The summed E-state index contributed by atoms with van der Waals surface area (Å²) >= 11 is 0. The summed E-state index contributed by atoms with van der Waals surface area (Å²) in [7, 11) is 0. The van der Waals surface area contributed by atoms with Gasteiger partial charge in [0.05, 0.1) is 5.92 Å². The number of nitrogens with one attached hydrogen (secondary N) is 1. The molecule has 18 heavy (non-hydrogen) atoms. The molecule has 0 aliphatic heterocycles. The molecule has 0 radical (unpaired) electrons. The first-order chi connectivity index (χ1) is 8.45. The number of nitrogens with two attached hydrogens (primary N) is 1. The van der Waals surface area contributed by atoms with Crippen molar-refractivity contribution in [3.8, 4) is 0 Å². The second-order valence-corrected chi connectivity index (χ2v) is 4.54. The van der Waals surface area contributed by atoms with Crippen LogP contribution in [0.3, 0.4) is 0 Å². The molecule has 0 aliphatic rings. The highest BCUT2D eigenvalue weighted by atomic mass is 19.1. The number of benzene rings is 1. The van der Waals surface area contributed by atoms with E-state index in [0.29, 0.717) is 0 Å². The number of amides is 1. The molecule has 0 bridgehead atoms. The number of hydrogen-bond acceptors (Lipinski definition) is 2. The number of carbonyl (C=O) groups excluding carboxylic acids is 1. The standard InChI is InChI=1S/C13H18F2N2O/c1-8(2)11(6-16)13(18)17-7-9-5-10(14)3-4-12(9)15/h3-5,8,11H,6-7,16H2,1-2H3,(H,17,18). The lowest BCUT2D eigenvalue weighted by atomic mass is 9.95. The summed E-state index contributed by atoms with van der Waals surface area (Å²) in [5, 5.41) is 2.57. The van der Waals surface area contributed by atoms with Gasteiger partial charge in [-0.1, -0.05) is 13.8 Å². The Labute approximate surface area is 105 Å². The van der Waals surface area contributed by atoms with Crippen molar-refractivity contribution in [2.24, 2.45) is 17.6 Å². The Kier molecular flexibility index (Phi) is 5.22.